The van der Waals surface area contributed by atoms with Gasteiger partial charge in [0, 0.05) is 11.6 Å². The quantitative estimate of drug-likeness (QED) is 0.780. The van der Waals surface area contributed by atoms with Crippen LogP contribution in [0, 0.1) is 23.7 Å². The molecule has 0 aromatic heterocycles. The van der Waals surface area contributed by atoms with Gasteiger partial charge in [0.2, 0.25) is 5.91 Å². The second-order valence-corrected chi connectivity index (χ2v) is 6.81. The summed E-state index contributed by atoms with van der Waals surface area (Å²) in [6, 6.07) is 7.22. The highest BCUT2D eigenvalue weighted by atomic mass is 19.4. The summed E-state index contributed by atoms with van der Waals surface area (Å²) in [5, 5.41) is 11.6. The van der Waals surface area contributed by atoms with E-state index in [1.54, 1.807) is 6.92 Å². The summed E-state index contributed by atoms with van der Waals surface area (Å²) >= 11 is 0. The molecule has 4 nitrogen and oxygen atoms in total. The third-order valence-electron chi connectivity index (χ3n) is 4.67. The molecule has 2 aliphatic rings. The van der Waals surface area contributed by atoms with E-state index in [0.29, 0.717) is 6.42 Å². The van der Waals surface area contributed by atoms with Gasteiger partial charge in [-0.25, -0.2) is 0 Å². The van der Waals surface area contributed by atoms with E-state index in [4.69, 9.17) is 5.26 Å². The number of nitrogens with zero attached hydrogens (tertiary/aromatic N) is 1. The van der Waals surface area contributed by atoms with Crippen molar-refractivity contribution in [2.75, 3.05) is 0 Å². The summed E-state index contributed by atoms with van der Waals surface area (Å²) in [6.07, 6.45) is -0.654. The molecule has 0 heterocycles. The number of rotatable bonds is 5. The minimum atomic E-state index is -4.74. The Hall–Kier alpha value is -2.88. The van der Waals surface area contributed by atoms with Crippen molar-refractivity contribution in [1.82, 2.24) is 5.32 Å². The van der Waals surface area contributed by atoms with Crippen LogP contribution in [-0.4, -0.2) is 23.9 Å². The molecule has 7 heteroatoms. The van der Waals surface area contributed by atoms with Gasteiger partial charge >= 0.3 is 6.18 Å². The van der Waals surface area contributed by atoms with E-state index >= 15 is 0 Å². The molecular formula is C21H18F3N2O2. The van der Waals surface area contributed by atoms with Gasteiger partial charge in [0.1, 0.15) is 5.92 Å². The minimum Gasteiger partial charge on any atom is -0.352 e. The highest BCUT2D eigenvalue weighted by molar-refractivity contribution is 6.20. The first-order chi connectivity index (χ1) is 13.3. The number of amides is 1. The van der Waals surface area contributed by atoms with Crippen molar-refractivity contribution in [2.45, 2.75) is 38.4 Å². The third-order valence-corrected chi connectivity index (χ3v) is 4.67. The lowest BCUT2D eigenvalue weighted by atomic mass is 9.76. The Morgan fingerprint density at radius 1 is 1.29 bits per heavy atom. The Morgan fingerprint density at radius 3 is 2.43 bits per heavy atom. The monoisotopic (exact) mass is 387 g/mol. The molecule has 1 aromatic carbocycles. The van der Waals surface area contributed by atoms with E-state index in [9.17, 15) is 22.8 Å². The molecule has 1 atom stereocenters. The van der Waals surface area contributed by atoms with Crippen LogP contribution in [0.1, 0.15) is 37.3 Å². The van der Waals surface area contributed by atoms with Crippen LogP contribution in [0.5, 0.6) is 0 Å². The summed E-state index contributed by atoms with van der Waals surface area (Å²) in [4.78, 5) is 25.7. The summed E-state index contributed by atoms with van der Waals surface area (Å²) < 4.78 is 41.6. The maximum atomic E-state index is 13.9. The van der Waals surface area contributed by atoms with Gasteiger partial charge in [0.05, 0.1) is 17.2 Å². The van der Waals surface area contributed by atoms with Crippen molar-refractivity contribution in [3.63, 3.8) is 0 Å². The van der Waals surface area contributed by atoms with Gasteiger partial charge in [0.15, 0.2) is 5.78 Å². The van der Waals surface area contributed by atoms with Crippen LogP contribution in [0.4, 0.5) is 13.2 Å². The van der Waals surface area contributed by atoms with Crippen LogP contribution in [0.3, 0.4) is 0 Å². The number of allylic oxidation sites excluding steroid dienone is 3. The molecule has 0 bridgehead atoms. The number of carbonyl (C=O) groups is 2. The van der Waals surface area contributed by atoms with E-state index < -0.39 is 29.4 Å². The van der Waals surface area contributed by atoms with Gasteiger partial charge in [0.25, 0.3) is 0 Å². The van der Waals surface area contributed by atoms with Gasteiger partial charge in [-0.3, -0.25) is 9.59 Å². The normalized spacial score (nSPS) is 19.9. The van der Waals surface area contributed by atoms with E-state index in [1.165, 1.54) is 30.7 Å². The number of ketones is 1. The molecule has 1 unspecified atom stereocenters. The number of alkyl halides is 3. The maximum Gasteiger partial charge on any atom is 0.416 e. The topological polar surface area (TPSA) is 70.0 Å². The van der Waals surface area contributed by atoms with Crippen LogP contribution in [0.15, 0.2) is 41.5 Å². The molecule has 1 saturated carbocycles. The average molecular weight is 387 g/mol. The fourth-order valence-corrected chi connectivity index (χ4v) is 3.18. The van der Waals surface area contributed by atoms with Crippen molar-refractivity contribution in [3.05, 3.63) is 59.0 Å². The van der Waals surface area contributed by atoms with Gasteiger partial charge in [-0.2, -0.15) is 18.4 Å². The molecule has 1 fully saturated rings. The predicted octanol–water partition coefficient (Wildman–Crippen LogP) is 3.89. The molecule has 0 saturated heterocycles. The van der Waals surface area contributed by atoms with Crippen LogP contribution >= 0.6 is 0 Å². The lowest BCUT2D eigenvalue weighted by Gasteiger charge is -2.28. The van der Waals surface area contributed by atoms with Crippen molar-refractivity contribution >= 4 is 17.3 Å². The van der Waals surface area contributed by atoms with E-state index in [0.717, 1.165) is 18.9 Å². The van der Waals surface area contributed by atoms with Gasteiger partial charge in [-0.1, -0.05) is 19.1 Å². The first-order valence-electron chi connectivity index (χ1n) is 8.97. The molecule has 1 aromatic rings. The molecule has 2 aliphatic carbocycles. The number of carbonyl (C=O) groups excluding carboxylic acids is 2. The Balaban J connectivity index is 2.19. The third kappa shape index (κ3) is 4.01. The smallest absolute Gasteiger partial charge is 0.352 e. The van der Waals surface area contributed by atoms with Gasteiger partial charge < -0.3 is 5.32 Å². The average Bonchev–Trinajstić information content (AvgIpc) is 3.46. The van der Waals surface area contributed by atoms with Crippen LogP contribution in [0.25, 0.3) is 5.57 Å². The van der Waals surface area contributed by atoms with E-state index in [-0.39, 0.29) is 28.3 Å². The van der Waals surface area contributed by atoms with Gasteiger partial charge in [-0.15, -0.1) is 0 Å². The first kappa shape index (κ1) is 19.9. The number of nitrogens with one attached hydrogen (secondary N) is 1. The lowest BCUT2D eigenvalue weighted by Crippen LogP contribution is -2.40. The van der Waals surface area contributed by atoms with Crippen LogP contribution in [0.2, 0.25) is 0 Å². The van der Waals surface area contributed by atoms with Crippen LogP contribution < -0.4 is 5.32 Å². The fourth-order valence-electron chi connectivity index (χ4n) is 3.18. The number of Topliss-reactive ketones (excluding diaryl/α,β-unsaturated/α-hetero) is 1. The second kappa shape index (κ2) is 7.63. The zero-order valence-electron chi connectivity index (χ0n) is 15.1. The van der Waals surface area contributed by atoms with Crippen LogP contribution in [-0.2, 0) is 9.59 Å². The van der Waals surface area contributed by atoms with Gasteiger partial charge in [-0.05, 0) is 55.0 Å². The van der Waals surface area contributed by atoms with E-state index in [2.05, 4.69) is 5.32 Å². The Bertz CT molecular complexity index is 901. The summed E-state index contributed by atoms with van der Waals surface area (Å²) in [5.74, 6) is -2.94. The highest BCUT2D eigenvalue weighted by Gasteiger charge is 2.46. The molecule has 145 valence electrons. The molecule has 1 radical (unpaired) electrons. The predicted molar refractivity (Wildman–Crippen MR) is 96.5 cm³/mol. The Morgan fingerprint density at radius 2 is 1.93 bits per heavy atom. The zero-order chi connectivity index (χ0) is 20.5. The van der Waals surface area contributed by atoms with E-state index in [1.807, 2.05) is 6.07 Å². The standard InChI is InChI=1S/C21H18F3N2O2/c1-2-3-14-10-16(21(22,23)24)17(13-6-4-12(11-25)5-7-13)18(19(14)27)20(28)26-15-8-9-15/h3-7,10,15,18H,2,8-9H2,1H3,(H,26,28). The minimum absolute atomic E-state index is 0.0960. The molecule has 28 heavy (non-hydrogen) atoms. The second-order valence-electron chi connectivity index (χ2n) is 6.81. The number of benzene rings is 1. The summed E-state index contributed by atoms with van der Waals surface area (Å²) in [5.41, 5.74) is -1.11. The number of hydrogen-bond donors (Lipinski definition) is 1. The van der Waals surface area contributed by atoms with Crippen molar-refractivity contribution in [2.24, 2.45) is 5.92 Å². The lowest BCUT2D eigenvalue weighted by molar-refractivity contribution is -0.130. The molecule has 0 aliphatic heterocycles. The SMILES string of the molecule is CC[CH]C1=CC(C(F)(F)F)=C(c2ccc(C#N)cc2)C(C(=O)NC2CC2)C1=O. The zero-order valence-corrected chi connectivity index (χ0v) is 15.1. The number of nitriles is 1. The summed E-state index contributed by atoms with van der Waals surface area (Å²) in [7, 11) is 0. The van der Waals surface area contributed by atoms with Crippen molar-refractivity contribution in [1.29, 1.82) is 5.26 Å². The Labute approximate surface area is 160 Å². The molecule has 1 N–H and O–H groups in total. The van der Waals surface area contributed by atoms with Crippen molar-refractivity contribution < 1.29 is 22.8 Å². The first-order valence-corrected chi connectivity index (χ1v) is 8.97. The Kier molecular flexibility index (Phi) is 5.41. The molecule has 1 amide bonds. The largest absolute Gasteiger partial charge is 0.416 e. The number of halogens is 3. The maximum absolute atomic E-state index is 13.9. The molecular weight excluding hydrogens is 369 g/mol. The highest BCUT2D eigenvalue weighted by Crippen LogP contribution is 2.43. The van der Waals surface area contributed by atoms with Crippen molar-refractivity contribution in [3.8, 4) is 6.07 Å². The molecule has 0 spiro atoms. The molecule has 3 rings (SSSR count). The number of hydrogen-bond acceptors (Lipinski definition) is 3. The fraction of sp³-hybridized carbons (Fsp3) is 0.333. The summed E-state index contributed by atoms with van der Waals surface area (Å²) in [6.45, 7) is 1.71.